The molecule has 0 aliphatic heterocycles. The predicted molar refractivity (Wildman–Crippen MR) is 60.1 cm³/mol. The van der Waals surface area contributed by atoms with Gasteiger partial charge in [0.15, 0.2) is 0 Å². The maximum Gasteiger partial charge on any atom is 0.416 e. The molecule has 0 amide bonds. The molecule has 0 saturated carbocycles. The van der Waals surface area contributed by atoms with Crippen LogP contribution in [0.1, 0.15) is 37.0 Å². The zero-order valence-corrected chi connectivity index (χ0v) is 9.65. The summed E-state index contributed by atoms with van der Waals surface area (Å²) >= 11 is 0. The van der Waals surface area contributed by atoms with Crippen molar-refractivity contribution in [3.8, 4) is 0 Å². The Kier molecular flexibility index (Phi) is 3.79. The van der Waals surface area contributed by atoms with Gasteiger partial charge in [0.2, 0.25) is 0 Å². The van der Waals surface area contributed by atoms with E-state index < -0.39 is 11.7 Å². The molecule has 0 aromatic heterocycles. The summed E-state index contributed by atoms with van der Waals surface area (Å²) in [6.07, 6.45) is -1.68. The molecule has 0 heterocycles. The molecule has 1 rings (SSSR count). The Bertz CT molecular complexity index is 400. The van der Waals surface area contributed by atoms with E-state index in [1.54, 1.807) is 13.0 Å². The lowest BCUT2D eigenvalue weighted by Crippen LogP contribution is -2.06. The van der Waals surface area contributed by atoms with E-state index in [2.05, 4.69) is 0 Å². The molecular weight excluding hydrogens is 213 g/mol. The minimum absolute atomic E-state index is 0.574. The predicted octanol–water partition coefficient (Wildman–Crippen LogP) is 4.83. The van der Waals surface area contributed by atoms with Gasteiger partial charge in [-0.15, -0.1) is 0 Å². The van der Waals surface area contributed by atoms with Crippen LogP contribution in [0.15, 0.2) is 24.3 Å². The van der Waals surface area contributed by atoms with Crippen LogP contribution in [0, 0.1) is 6.92 Å². The molecule has 1 aromatic carbocycles. The highest BCUT2D eigenvalue weighted by molar-refractivity contribution is 5.66. The van der Waals surface area contributed by atoms with E-state index in [0.717, 1.165) is 12.0 Å². The van der Waals surface area contributed by atoms with Crippen LogP contribution in [-0.4, -0.2) is 0 Å². The van der Waals surface area contributed by atoms with Gasteiger partial charge in [-0.2, -0.15) is 13.2 Å². The number of rotatable bonds is 2. The fourth-order valence-corrected chi connectivity index (χ4v) is 1.71. The van der Waals surface area contributed by atoms with Crippen molar-refractivity contribution >= 4 is 5.57 Å². The lowest BCUT2D eigenvalue weighted by Gasteiger charge is -2.12. The number of halogens is 3. The minimum atomic E-state index is -4.27. The number of hydrogen-bond acceptors (Lipinski definition) is 0. The summed E-state index contributed by atoms with van der Waals surface area (Å²) in [6.45, 7) is 5.46. The third kappa shape index (κ3) is 2.87. The largest absolute Gasteiger partial charge is 0.416 e. The van der Waals surface area contributed by atoms with Crippen LogP contribution in [0.2, 0.25) is 0 Å². The molecule has 16 heavy (non-hydrogen) atoms. The Morgan fingerprint density at radius 3 is 2.31 bits per heavy atom. The highest BCUT2D eigenvalue weighted by atomic mass is 19.4. The molecule has 0 fully saturated rings. The van der Waals surface area contributed by atoms with Crippen LogP contribution in [-0.2, 0) is 6.18 Å². The summed E-state index contributed by atoms with van der Waals surface area (Å²) in [5.74, 6) is 0. The zero-order valence-electron chi connectivity index (χ0n) is 9.65. The molecule has 0 radical (unpaired) electrons. The molecule has 0 unspecified atom stereocenters. The summed E-state index contributed by atoms with van der Waals surface area (Å²) in [7, 11) is 0. The Morgan fingerprint density at radius 2 is 1.88 bits per heavy atom. The van der Waals surface area contributed by atoms with Crippen molar-refractivity contribution in [1.29, 1.82) is 0 Å². The lowest BCUT2D eigenvalue weighted by molar-refractivity contribution is -0.137. The maximum atomic E-state index is 12.6. The molecule has 0 aliphatic carbocycles. The molecule has 0 spiro atoms. The molecule has 3 heteroatoms. The van der Waals surface area contributed by atoms with E-state index in [-0.39, 0.29) is 0 Å². The van der Waals surface area contributed by atoms with Crippen molar-refractivity contribution in [2.75, 3.05) is 0 Å². The summed E-state index contributed by atoms with van der Waals surface area (Å²) in [4.78, 5) is 0. The van der Waals surface area contributed by atoms with Crippen LogP contribution in [0.3, 0.4) is 0 Å². The molecule has 0 nitrogen and oxygen atoms in total. The van der Waals surface area contributed by atoms with Gasteiger partial charge in [0.25, 0.3) is 0 Å². The Morgan fingerprint density at radius 1 is 1.25 bits per heavy atom. The van der Waals surface area contributed by atoms with Gasteiger partial charge in [0.1, 0.15) is 0 Å². The highest BCUT2D eigenvalue weighted by Gasteiger charge is 2.30. The van der Waals surface area contributed by atoms with Crippen LogP contribution in [0.5, 0.6) is 0 Å². The molecule has 0 N–H and O–H groups in total. The van der Waals surface area contributed by atoms with Gasteiger partial charge < -0.3 is 0 Å². The Labute approximate surface area is 93.8 Å². The summed E-state index contributed by atoms with van der Waals surface area (Å²) in [6, 6.07) is 4.17. The first-order valence-corrected chi connectivity index (χ1v) is 5.23. The van der Waals surface area contributed by atoms with Gasteiger partial charge >= 0.3 is 6.18 Å². The van der Waals surface area contributed by atoms with E-state index in [1.165, 1.54) is 12.1 Å². The van der Waals surface area contributed by atoms with E-state index in [4.69, 9.17) is 0 Å². The molecule has 0 bridgehead atoms. The first kappa shape index (κ1) is 12.8. The van der Waals surface area contributed by atoms with E-state index >= 15 is 0 Å². The monoisotopic (exact) mass is 228 g/mol. The third-order valence-corrected chi connectivity index (χ3v) is 2.50. The highest BCUT2D eigenvalue weighted by Crippen LogP contribution is 2.32. The van der Waals surface area contributed by atoms with Gasteiger partial charge in [-0.25, -0.2) is 0 Å². The first-order chi connectivity index (χ1) is 7.38. The Hall–Kier alpha value is -1.25. The van der Waals surface area contributed by atoms with Gasteiger partial charge in [0.05, 0.1) is 5.56 Å². The Balaban J connectivity index is 3.28. The normalized spacial score (nSPS) is 13.0. The van der Waals surface area contributed by atoms with Crippen molar-refractivity contribution < 1.29 is 13.2 Å². The molecule has 0 atom stereocenters. The summed E-state index contributed by atoms with van der Waals surface area (Å²) in [5, 5.41) is 0. The van der Waals surface area contributed by atoms with Crippen LogP contribution >= 0.6 is 0 Å². The SMILES string of the molecule is C/C=C(\CC)c1cc(C)cc(C(F)(F)F)c1. The average Bonchev–Trinajstić information content (AvgIpc) is 2.17. The van der Waals surface area contributed by atoms with Crippen LogP contribution in [0.25, 0.3) is 5.57 Å². The average molecular weight is 228 g/mol. The zero-order chi connectivity index (χ0) is 12.3. The molecule has 0 aliphatic rings. The van der Waals surface area contributed by atoms with Crippen molar-refractivity contribution in [1.82, 2.24) is 0 Å². The third-order valence-electron chi connectivity index (χ3n) is 2.50. The number of aryl methyl sites for hydroxylation is 1. The summed E-state index contributed by atoms with van der Waals surface area (Å²) in [5.41, 5.74) is 1.67. The van der Waals surface area contributed by atoms with Crippen molar-refractivity contribution in [2.45, 2.75) is 33.4 Å². The second-order valence-electron chi connectivity index (χ2n) is 3.75. The van der Waals surface area contributed by atoms with E-state index in [1.807, 2.05) is 19.9 Å². The topological polar surface area (TPSA) is 0 Å². The van der Waals surface area contributed by atoms with Crippen molar-refractivity contribution in [3.63, 3.8) is 0 Å². The number of alkyl halides is 3. The first-order valence-electron chi connectivity index (χ1n) is 5.23. The second kappa shape index (κ2) is 4.73. The quantitative estimate of drug-likeness (QED) is 0.680. The van der Waals surface area contributed by atoms with E-state index in [9.17, 15) is 13.2 Å². The van der Waals surface area contributed by atoms with Gasteiger partial charge in [-0.1, -0.05) is 19.1 Å². The number of allylic oxidation sites excluding steroid dienone is 2. The molecule has 1 aromatic rings. The maximum absolute atomic E-state index is 12.6. The van der Waals surface area contributed by atoms with Crippen molar-refractivity contribution in [2.24, 2.45) is 0 Å². The second-order valence-corrected chi connectivity index (χ2v) is 3.75. The molecule has 0 saturated heterocycles. The number of hydrogen-bond donors (Lipinski definition) is 0. The van der Waals surface area contributed by atoms with Crippen molar-refractivity contribution in [3.05, 3.63) is 41.0 Å². The molecular formula is C13H15F3. The fourth-order valence-electron chi connectivity index (χ4n) is 1.71. The van der Waals surface area contributed by atoms with Crippen LogP contribution in [0.4, 0.5) is 13.2 Å². The smallest absolute Gasteiger partial charge is 0.166 e. The van der Waals surface area contributed by atoms with Gasteiger partial charge in [-0.05, 0) is 49.1 Å². The van der Waals surface area contributed by atoms with E-state index in [0.29, 0.717) is 11.1 Å². The molecule has 88 valence electrons. The summed E-state index contributed by atoms with van der Waals surface area (Å²) < 4.78 is 37.8. The van der Waals surface area contributed by atoms with Crippen LogP contribution < -0.4 is 0 Å². The number of benzene rings is 1. The minimum Gasteiger partial charge on any atom is -0.166 e. The van der Waals surface area contributed by atoms with Gasteiger partial charge in [-0.3, -0.25) is 0 Å². The fraction of sp³-hybridized carbons (Fsp3) is 0.385. The van der Waals surface area contributed by atoms with Gasteiger partial charge in [0, 0.05) is 0 Å². The standard InChI is InChI=1S/C13H15F3/c1-4-10(5-2)11-6-9(3)7-12(8-11)13(14,15)16/h4,6-8H,5H2,1-3H3/b10-4+. The lowest BCUT2D eigenvalue weighted by atomic mass is 9.98.